The monoisotopic (exact) mass is 153 g/mol. The number of hydrogen-bond acceptors (Lipinski definition) is 1. The van der Waals surface area contributed by atoms with Gasteiger partial charge in [-0.15, -0.1) is 6.58 Å². The molecule has 1 aliphatic heterocycles. The Morgan fingerprint density at radius 1 is 1.64 bits per heavy atom. The number of hydrogen-bond donors (Lipinski definition) is 0. The van der Waals surface area contributed by atoms with Crippen molar-refractivity contribution >= 4 is 5.91 Å². The maximum Gasteiger partial charge on any atom is 0.219 e. The van der Waals surface area contributed by atoms with Crippen molar-refractivity contribution < 1.29 is 4.79 Å². The van der Waals surface area contributed by atoms with Crippen molar-refractivity contribution in [2.75, 3.05) is 6.54 Å². The van der Waals surface area contributed by atoms with Gasteiger partial charge in [0.1, 0.15) is 0 Å². The lowest BCUT2D eigenvalue weighted by atomic mass is 10.0. The molecule has 1 atom stereocenters. The number of carbonyl (C=O) groups is 1. The summed E-state index contributed by atoms with van der Waals surface area (Å²) in [6.45, 7) is 6.26. The normalized spacial score (nSPS) is 24.8. The van der Waals surface area contributed by atoms with Crippen molar-refractivity contribution in [2.24, 2.45) is 0 Å². The van der Waals surface area contributed by atoms with E-state index in [9.17, 15) is 4.79 Å². The van der Waals surface area contributed by atoms with E-state index in [0.29, 0.717) is 6.04 Å². The number of likely N-dealkylation sites (tertiary alicyclic amines) is 1. The molecule has 0 spiro atoms. The zero-order chi connectivity index (χ0) is 8.27. The van der Waals surface area contributed by atoms with Crippen molar-refractivity contribution in [3.63, 3.8) is 0 Å². The highest BCUT2D eigenvalue weighted by molar-refractivity contribution is 5.73. The average Bonchev–Trinajstić information content (AvgIpc) is 2.04. The van der Waals surface area contributed by atoms with Crippen LogP contribution >= 0.6 is 0 Å². The molecule has 1 rings (SSSR count). The smallest absolute Gasteiger partial charge is 0.219 e. The van der Waals surface area contributed by atoms with Gasteiger partial charge in [0.2, 0.25) is 5.91 Å². The van der Waals surface area contributed by atoms with Crippen molar-refractivity contribution in [3.8, 4) is 0 Å². The second-order valence-electron chi connectivity index (χ2n) is 3.01. The summed E-state index contributed by atoms with van der Waals surface area (Å²) in [5.41, 5.74) is 0. The standard InChI is InChI=1S/C9H15NO/c1-3-9-6-4-5-7-10(9)8(2)11/h3,9H,1,4-7H2,2H3. The van der Waals surface area contributed by atoms with Crippen molar-refractivity contribution in [3.05, 3.63) is 12.7 Å². The van der Waals surface area contributed by atoms with Gasteiger partial charge in [-0.3, -0.25) is 4.79 Å². The van der Waals surface area contributed by atoms with Gasteiger partial charge in [-0.05, 0) is 19.3 Å². The molecule has 0 saturated carbocycles. The molecule has 2 nitrogen and oxygen atoms in total. The topological polar surface area (TPSA) is 20.3 Å². The van der Waals surface area contributed by atoms with Crippen LogP contribution in [0.4, 0.5) is 0 Å². The minimum Gasteiger partial charge on any atom is -0.337 e. The Hall–Kier alpha value is -0.790. The molecule has 0 aromatic carbocycles. The third-order valence-electron chi connectivity index (χ3n) is 2.23. The van der Waals surface area contributed by atoms with Crippen LogP contribution in [0, 0.1) is 0 Å². The molecule has 1 amide bonds. The van der Waals surface area contributed by atoms with Crippen LogP contribution < -0.4 is 0 Å². The third-order valence-corrected chi connectivity index (χ3v) is 2.23. The number of carbonyl (C=O) groups excluding carboxylic acids is 1. The fourth-order valence-electron chi connectivity index (χ4n) is 1.59. The van der Waals surface area contributed by atoms with Gasteiger partial charge in [0.05, 0.1) is 0 Å². The van der Waals surface area contributed by atoms with Gasteiger partial charge in [-0.2, -0.15) is 0 Å². The summed E-state index contributed by atoms with van der Waals surface area (Å²) in [6, 6.07) is 0.293. The van der Waals surface area contributed by atoms with Crippen LogP contribution in [0.3, 0.4) is 0 Å². The maximum atomic E-state index is 11.0. The lowest BCUT2D eigenvalue weighted by molar-refractivity contribution is -0.131. The van der Waals surface area contributed by atoms with E-state index < -0.39 is 0 Å². The van der Waals surface area contributed by atoms with E-state index in [0.717, 1.165) is 19.4 Å². The third kappa shape index (κ3) is 1.82. The van der Waals surface area contributed by atoms with Gasteiger partial charge < -0.3 is 4.90 Å². The molecule has 1 fully saturated rings. The van der Waals surface area contributed by atoms with Gasteiger partial charge in [0.15, 0.2) is 0 Å². The minimum absolute atomic E-state index is 0.176. The van der Waals surface area contributed by atoms with Crippen LogP contribution in [0.25, 0.3) is 0 Å². The highest BCUT2D eigenvalue weighted by atomic mass is 16.2. The van der Waals surface area contributed by atoms with Gasteiger partial charge >= 0.3 is 0 Å². The van der Waals surface area contributed by atoms with Crippen molar-refractivity contribution in [1.29, 1.82) is 0 Å². The van der Waals surface area contributed by atoms with Crippen LogP contribution in [-0.2, 0) is 4.79 Å². The molecule has 0 bridgehead atoms. The summed E-state index contributed by atoms with van der Waals surface area (Å²) < 4.78 is 0. The summed E-state index contributed by atoms with van der Waals surface area (Å²) in [5, 5.41) is 0. The molecule has 1 heterocycles. The molecule has 1 unspecified atom stereocenters. The maximum absolute atomic E-state index is 11.0. The van der Waals surface area contributed by atoms with Gasteiger partial charge in [-0.25, -0.2) is 0 Å². The highest BCUT2D eigenvalue weighted by Crippen LogP contribution is 2.17. The zero-order valence-electron chi connectivity index (χ0n) is 7.05. The van der Waals surface area contributed by atoms with E-state index in [-0.39, 0.29) is 5.91 Å². The predicted octanol–water partition coefficient (Wildman–Crippen LogP) is 1.57. The Morgan fingerprint density at radius 3 is 2.82 bits per heavy atom. The van der Waals surface area contributed by atoms with Crippen molar-refractivity contribution in [1.82, 2.24) is 4.90 Å². The molecule has 0 aromatic heterocycles. The Balaban J connectivity index is 2.58. The number of rotatable bonds is 1. The van der Waals surface area contributed by atoms with E-state index in [4.69, 9.17) is 0 Å². The van der Waals surface area contributed by atoms with Crippen LogP contribution in [0.15, 0.2) is 12.7 Å². The quantitative estimate of drug-likeness (QED) is 0.524. The average molecular weight is 153 g/mol. The van der Waals surface area contributed by atoms with Gasteiger partial charge in [-0.1, -0.05) is 6.08 Å². The van der Waals surface area contributed by atoms with Crippen LogP contribution in [-0.4, -0.2) is 23.4 Å². The van der Waals surface area contributed by atoms with E-state index in [1.54, 1.807) is 6.92 Å². The second kappa shape index (κ2) is 3.56. The summed E-state index contributed by atoms with van der Waals surface area (Å²) in [7, 11) is 0. The molecule has 0 radical (unpaired) electrons. The first-order valence-corrected chi connectivity index (χ1v) is 4.15. The number of nitrogens with zero attached hydrogens (tertiary/aromatic N) is 1. The largest absolute Gasteiger partial charge is 0.337 e. The molecule has 2 heteroatoms. The minimum atomic E-state index is 0.176. The first kappa shape index (κ1) is 8.31. The summed E-state index contributed by atoms with van der Waals surface area (Å²) in [4.78, 5) is 12.9. The molecular formula is C9H15NO. The van der Waals surface area contributed by atoms with Crippen LogP contribution in [0.1, 0.15) is 26.2 Å². The van der Waals surface area contributed by atoms with Gasteiger partial charge in [0.25, 0.3) is 0 Å². The van der Waals surface area contributed by atoms with E-state index in [2.05, 4.69) is 6.58 Å². The number of piperidine rings is 1. The number of amides is 1. The van der Waals surface area contributed by atoms with E-state index in [1.807, 2.05) is 11.0 Å². The SMILES string of the molecule is C=CC1CCCCN1C(C)=O. The fourth-order valence-corrected chi connectivity index (χ4v) is 1.59. The first-order valence-electron chi connectivity index (χ1n) is 4.15. The molecule has 0 aromatic rings. The Kier molecular flexibility index (Phi) is 2.69. The zero-order valence-corrected chi connectivity index (χ0v) is 7.05. The van der Waals surface area contributed by atoms with E-state index in [1.165, 1.54) is 6.42 Å². The summed E-state index contributed by atoms with van der Waals surface area (Å²) in [6.07, 6.45) is 5.33. The Morgan fingerprint density at radius 2 is 2.36 bits per heavy atom. The lowest BCUT2D eigenvalue weighted by Gasteiger charge is -2.32. The van der Waals surface area contributed by atoms with Crippen molar-refractivity contribution in [2.45, 2.75) is 32.2 Å². The molecular weight excluding hydrogens is 138 g/mol. The molecule has 1 aliphatic rings. The Bertz CT molecular complexity index is 165. The molecule has 1 saturated heterocycles. The highest BCUT2D eigenvalue weighted by Gasteiger charge is 2.20. The lowest BCUT2D eigenvalue weighted by Crippen LogP contribution is -2.41. The molecule has 0 aliphatic carbocycles. The molecule has 11 heavy (non-hydrogen) atoms. The Labute approximate surface area is 67.9 Å². The van der Waals surface area contributed by atoms with Gasteiger partial charge in [0, 0.05) is 19.5 Å². The predicted molar refractivity (Wildman–Crippen MR) is 45.2 cm³/mol. The summed E-state index contributed by atoms with van der Waals surface area (Å²) in [5.74, 6) is 0.176. The van der Waals surface area contributed by atoms with Crippen LogP contribution in [0.2, 0.25) is 0 Å². The molecule has 62 valence electrons. The van der Waals surface area contributed by atoms with E-state index >= 15 is 0 Å². The summed E-state index contributed by atoms with van der Waals surface area (Å²) >= 11 is 0. The fraction of sp³-hybridized carbons (Fsp3) is 0.667. The molecule has 0 N–H and O–H groups in total. The van der Waals surface area contributed by atoms with Crippen LogP contribution in [0.5, 0.6) is 0 Å². The first-order chi connectivity index (χ1) is 5.25. The second-order valence-corrected chi connectivity index (χ2v) is 3.01.